The second-order valence-electron chi connectivity index (χ2n) is 5.70. The van der Waals surface area contributed by atoms with Gasteiger partial charge in [0, 0.05) is 31.7 Å². The zero-order valence-electron chi connectivity index (χ0n) is 14.0. The maximum absolute atomic E-state index is 12.3. The van der Waals surface area contributed by atoms with E-state index in [-0.39, 0.29) is 18.4 Å². The van der Waals surface area contributed by atoms with E-state index in [1.807, 2.05) is 24.3 Å². The molecule has 7 heteroatoms. The Hall–Kier alpha value is -2.83. The number of rotatable bonds is 7. The molecule has 0 aliphatic carbocycles. The van der Waals surface area contributed by atoms with Crippen molar-refractivity contribution in [1.82, 2.24) is 20.0 Å². The number of hydrogen-bond acceptors (Lipinski definition) is 4. The minimum Gasteiger partial charge on any atom is -0.399 e. The summed E-state index contributed by atoms with van der Waals surface area (Å²) in [5.41, 5.74) is 7.45. The number of nitrogen functional groups attached to an aromatic ring is 1. The van der Waals surface area contributed by atoms with Gasteiger partial charge in [-0.15, -0.1) is 0 Å². The molecule has 0 saturated carbocycles. The van der Waals surface area contributed by atoms with E-state index in [2.05, 4.69) is 10.4 Å². The number of nitrogens with zero attached hydrogens (tertiary/aromatic N) is 3. The molecule has 1 unspecified atom stereocenters. The molecule has 0 spiro atoms. The molecule has 0 aliphatic rings. The van der Waals surface area contributed by atoms with Crippen molar-refractivity contribution >= 4 is 17.5 Å². The van der Waals surface area contributed by atoms with Crippen molar-refractivity contribution in [3.8, 4) is 0 Å². The van der Waals surface area contributed by atoms with E-state index >= 15 is 0 Å². The third-order valence-corrected chi connectivity index (χ3v) is 3.75. The van der Waals surface area contributed by atoms with E-state index in [0.29, 0.717) is 18.7 Å². The minimum absolute atomic E-state index is 0.0200. The smallest absolute Gasteiger partial charge is 0.247 e. The number of likely N-dealkylation sites (N-methyl/N-ethyl adjacent to an activating group) is 1. The van der Waals surface area contributed by atoms with Crippen molar-refractivity contribution in [2.45, 2.75) is 19.4 Å². The normalized spacial score (nSPS) is 11.8. The van der Waals surface area contributed by atoms with E-state index in [4.69, 9.17) is 5.73 Å². The molecule has 0 saturated heterocycles. The van der Waals surface area contributed by atoms with Crippen LogP contribution in [0.15, 0.2) is 42.7 Å². The molecule has 128 valence electrons. The number of nitrogens with one attached hydrogen (secondary N) is 1. The van der Waals surface area contributed by atoms with Crippen LogP contribution in [0, 0.1) is 0 Å². The Balaban J connectivity index is 1.75. The Kier molecular flexibility index (Phi) is 5.95. The third kappa shape index (κ3) is 4.84. The topological polar surface area (TPSA) is 93.3 Å². The highest BCUT2D eigenvalue weighted by atomic mass is 16.2. The average Bonchev–Trinajstić information content (AvgIpc) is 3.09. The van der Waals surface area contributed by atoms with Gasteiger partial charge in [-0.1, -0.05) is 12.1 Å². The number of hydrogen-bond donors (Lipinski definition) is 2. The van der Waals surface area contributed by atoms with Gasteiger partial charge >= 0.3 is 0 Å². The number of aromatic nitrogens is 2. The monoisotopic (exact) mass is 329 g/mol. The van der Waals surface area contributed by atoms with Crippen LogP contribution in [0.4, 0.5) is 5.69 Å². The maximum Gasteiger partial charge on any atom is 0.247 e. The number of nitrogens with two attached hydrogens (primary N) is 1. The summed E-state index contributed by atoms with van der Waals surface area (Å²) in [6, 6.07) is 8.85. The Bertz CT molecular complexity index is 667. The summed E-state index contributed by atoms with van der Waals surface area (Å²) in [4.78, 5) is 25.6. The molecule has 2 aromatic rings. The summed E-state index contributed by atoms with van der Waals surface area (Å²) in [6.07, 6.45) is 4.06. The zero-order chi connectivity index (χ0) is 17.5. The number of benzene rings is 1. The quantitative estimate of drug-likeness (QED) is 0.736. The van der Waals surface area contributed by atoms with E-state index in [1.54, 1.807) is 37.1 Å². The lowest BCUT2D eigenvalue weighted by Gasteiger charge is -2.21. The van der Waals surface area contributed by atoms with Gasteiger partial charge in [0.05, 0.1) is 6.54 Å². The Morgan fingerprint density at radius 3 is 2.67 bits per heavy atom. The molecule has 2 rings (SSSR count). The summed E-state index contributed by atoms with van der Waals surface area (Å²) in [5.74, 6) is -0.346. The first-order valence-corrected chi connectivity index (χ1v) is 7.82. The third-order valence-electron chi connectivity index (χ3n) is 3.75. The Labute approximate surface area is 141 Å². The van der Waals surface area contributed by atoms with Crippen molar-refractivity contribution < 1.29 is 9.59 Å². The molecule has 1 atom stereocenters. The summed E-state index contributed by atoms with van der Waals surface area (Å²) >= 11 is 0. The summed E-state index contributed by atoms with van der Waals surface area (Å²) in [7, 11) is 1.61. The average molecular weight is 329 g/mol. The molecular formula is C17H23N5O2. The van der Waals surface area contributed by atoms with Gasteiger partial charge in [0.15, 0.2) is 0 Å². The van der Waals surface area contributed by atoms with Crippen LogP contribution in [-0.2, 0) is 16.0 Å². The number of carbonyl (C=O) groups excluding carboxylic acids is 2. The predicted molar refractivity (Wildman–Crippen MR) is 92.1 cm³/mol. The summed E-state index contributed by atoms with van der Waals surface area (Å²) in [6.45, 7) is 2.29. The molecule has 1 aromatic heterocycles. The van der Waals surface area contributed by atoms with Crippen LogP contribution in [0.2, 0.25) is 0 Å². The number of amides is 2. The van der Waals surface area contributed by atoms with E-state index in [0.717, 1.165) is 5.56 Å². The highest BCUT2D eigenvalue weighted by Gasteiger charge is 2.20. The van der Waals surface area contributed by atoms with Crippen LogP contribution in [-0.4, -0.2) is 46.6 Å². The van der Waals surface area contributed by atoms with Crippen molar-refractivity contribution in [2.24, 2.45) is 0 Å². The van der Waals surface area contributed by atoms with Crippen molar-refractivity contribution in [3.63, 3.8) is 0 Å². The van der Waals surface area contributed by atoms with Gasteiger partial charge in [-0.25, -0.2) is 0 Å². The molecule has 7 nitrogen and oxygen atoms in total. The van der Waals surface area contributed by atoms with Crippen molar-refractivity contribution in [1.29, 1.82) is 0 Å². The molecule has 0 radical (unpaired) electrons. The van der Waals surface area contributed by atoms with Gasteiger partial charge in [0.25, 0.3) is 0 Å². The molecular weight excluding hydrogens is 306 g/mol. The molecule has 1 heterocycles. The van der Waals surface area contributed by atoms with Crippen molar-refractivity contribution in [2.75, 3.05) is 25.9 Å². The second-order valence-corrected chi connectivity index (χ2v) is 5.70. The van der Waals surface area contributed by atoms with Crippen LogP contribution in [0.3, 0.4) is 0 Å². The lowest BCUT2D eigenvalue weighted by molar-refractivity contribution is -0.137. The highest BCUT2D eigenvalue weighted by molar-refractivity contribution is 5.86. The first-order valence-electron chi connectivity index (χ1n) is 7.82. The fraction of sp³-hybridized carbons (Fsp3) is 0.353. The SMILES string of the molecule is CC(C(=O)N(C)CC(=O)NCCc1ccc(N)cc1)n1cccn1. The van der Waals surface area contributed by atoms with Crippen LogP contribution >= 0.6 is 0 Å². The minimum atomic E-state index is -0.437. The van der Waals surface area contributed by atoms with E-state index in [9.17, 15) is 9.59 Å². The summed E-state index contributed by atoms with van der Waals surface area (Å²) in [5, 5.41) is 6.87. The predicted octanol–water partition coefficient (Wildman–Crippen LogP) is 0.844. The molecule has 24 heavy (non-hydrogen) atoms. The van der Waals surface area contributed by atoms with Gasteiger partial charge in [0.1, 0.15) is 6.04 Å². The Morgan fingerprint density at radius 2 is 2.04 bits per heavy atom. The fourth-order valence-electron chi connectivity index (χ4n) is 2.32. The molecule has 0 fully saturated rings. The molecule has 2 amide bonds. The fourth-order valence-corrected chi connectivity index (χ4v) is 2.32. The van der Waals surface area contributed by atoms with Gasteiger partial charge in [-0.3, -0.25) is 14.3 Å². The first kappa shape index (κ1) is 17.5. The maximum atomic E-state index is 12.3. The van der Waals surface area contributed by atoms with E-state index in [1.165, 1.54) is 4.90 Å². The van der Waals surface area contributed by atoms with Gasteiger partial charge in [-0.05, 0) is 37.1 Å². The van der Waals surface area contributed by atoms with E-state index < -0.39 is 6.04 Å². The molecule has 0 bridgehead atoms. The summed E-state index contributed by atoms with van der Waals surface area (Å²) < 4.78 is 1.57. The standard InChI is InChI=1S/C17H23N5O2/c1-13(22-11-3-9-20-22)17(24)21(2)12-16(23)19-10-8-14-4-6-15(18)7-5-14/h3-7,9,11,13H,8,10,12,18H2,1-2H3,(H,19,23). The zero-order valence-corrected chi connectivity index (χ0v) is 14.0. The lowest BCUT2D eigenvalue weighted by Crippen LogP contribution is -2.41. The largest absolute Gasteiger partial charge is 0.399 e. The van der Waals surface area contributed by atoms with Crippen molar-refractivity contribution in [3.05, 3.63) is 48.3 Å². The van der Waals surface area contributed by atoms with Gasteiger partial charge < -0.3 is 16.0 Å². The van der Waals surface area contributed by atoms with Crippen LogP contribution in [0.5, 0.6) is 0 Å². The highest BCUT2D eigenvalue weighted by Crippen LogP contribution is 2.07. The van der Waals surface area contributed by atoms with Crippen LogP contribution < -0.4 is 11.1 Å². The van der Waals surface area contributed by atoms with Crippen LogP contribution in [0.25, 0.3) is 0 Å². The number of anilines is 1. The Morgan fingerprint density at radius 1 is 1.33 bits per heavy atom. The molecule has 1 aromatic carbocycles. The van der Waals surface area contributed by atoms with Gasteiger partial charge in [0.2, 0.25) is 11.8 Å². The van der Waals surface area contributed by atoms with Gasteiger partial charge in [-0.2, -0.15) is 5.10 Å². The molecule has 3 N–H and O–H groups in total. The van der Waals surface area contributed by atoms with Crippen LogP contribution in [0.1, 0.15) is 18.5 Å². The first-order chi connectivity index (χ1) is 11.5. The number of carbonyl (C=O) groups is 2. The molecule has 0 aliphatic heterocycles. The lowest BCUT2D eigenvalue weighted by atomic mass is 10.1. The second kappa shape index (κ2) is 8.14.